The fourth-order valence-electron chi connectivity index (χ4n) is 0.971. The Bertz CT molecular complexity index is 272. The molecular formula is C11H14O2S. The van der Waals surface area contributed by atoms with Gasteiger partial charge < -0.3 is 4.74 Å². The van der Waals surface area contributed by atoms with Crippen LogP contribution in [-0.2, 0) is 4.79 Å². The summed E-state index contributed by atoms with van der Waals surface area (Å²) in [5, 5.41) is 0. The first-order valence-corrected chi connectivity index (χ1v) is 5.82. The lowest BCUT2D eigenvalue weighted by atomic mass is 10.3. The highest BCUT2D eigenvalue weighted by Crippen LogP contribution is 2.10. The Balaban J connectivity index is 2.27. The number of esters is 1. The molecule has 14 heavy (non-hydrogen) atoms. The zero-order chi connectivity index (χ0) is 10.2. The van der Waals surface area contributed by atoms with Crippen molar-refractivity contribution in [2.24, 2.45) is 0 Å². The van der Waals surface area contributed by atoms with Crippen molar-refractivity contribution in [3.63, 3.8) is 0 Å². The standard InChI is InChI=1S/C11H14O2S/c1-2-14-9-8-11(12)13-10-6-4-3-5-7-10/h3-7H,2,8-9H2,1H3. The third-order valence-electron chi connectivity index (χ3n) is 1.63. The van der Waals surface area contributed by atoms with E-state index in [-0.39, 0.29) is 5.97 Å². The maximum absolute atomic E-state index is 11.3. The van der Waals surface area contributed by atoms with Gasteiger partial charge in [0, 0.05) is 5.75 Å². The van der Waals surface area contributed by atoms with Crippen molar-refractivity contribution >= 4 is 17.7 Å². The summed E-state index contributed by atoms with van der Waals surface area (Å²) in [6, 6.07) is 9.16. The average Bonchev–Trinajstić information content (AvgIpc) is 2.20. The zero-order valence-electron chi connectivity index (χ0n) is 8.23. The van der Waals surface area contributed by atoms with E-state index in [1.165, 1.54) is 0 Å². The van der Waals surface area contributed by atoms with Gasteiger partial charge in [-0.2, -0.15) is 11.8 Å². The summed E-state index contributed by atoms with van der Waals surface area (Å²) in [5.41, 5.74) is 0. The molecule has 0 radical (unpaired) electrons. The molecule has 76 valence electrons. The number of thioether (sulfide) groups is 1. The van der Waals surface area contributed by atoms with Crippen LogP contribution in [-0.4, -0.2) is 17.5 Å². The number of ether oxygens (including phenoxy) is 1. The molecule has 0 aliphatic heterocycles. The monoisotopic (exact) mass is 210 g/mol. The van der Waals surface area contributed by atoms with Gasteiger partial charge in [0.05, 0.1) is 6.42 Å². The van der Waals surface area contributed by atoms with Gasteiger partial charge in [0.15, 0.2) is 0 Å². The minimum Gasteiger partial charge on any atom is -0.427 e. The molecule has 0 aliphatic carbocycles. The summed E-state index contributed by atoms with van der Waals surface area (Å²) in [7, 11) is 0. The number of rotatable bonds is 5. The van der Waals surface area contributed by atoms with Gasteiger partial charge in [0.25, 0.3) is 0 Å². The molecule has 3 heteroatoms. The van der Waals surface area contributed by atoms with Crippen molar-refractivity contribution in [3.8, 4) is 5.75 Å². The fourth-order valence-corrected chi connectivity index (χ4v) is 1.57. The topological polar surface area (TPSA) is 26.3 Å². The van der Waals surface area contributed by atoms with E-state index in [1.807, 2.05) is 18.2 Å². The Hall–Kier alpha value is -0.960. The van der Waals surface area contributed by atoms with Gasteiger partial charge in [-0.15, -0.1) is 0 Å². The molecule has 1 aromatic rings. The van der Waals surface area contributed by atoms with E-state index in [1.54, 1.807) is 23.9 Å². The molecule has 0 bridgehead atoms. The van der Waals surface area contributed by atoms with E-state index in [0.717, 1.165) is 11.5 Å². The lowest BCUT2D eigenvalue weighted by molar-refractivity contribution is -0.133. The summed E-state index contributed by atoms with van der Waals surface area (Å²) in [5.74, 6) is 2.34. The predicted octanol–water partition coefficient (Wildman–Crippen LogP) is 2.74. The van der Waals surface area contributed by atoms with Gasteiger partial charge in [0.1, 0.15) is 5.75 Å². The second-order valence-electron chi connectivity index (χ2n) is 2.73. The van der Waals surface area contributed by atoms with Crippen molar-refractivity contribution in [1.82, 2.24) is 0 Å². The minimum atomic E-state index is -0.155. The lowest BCUT2D eigenvalue weighted by Gasteiger charge is -2.02. The fraction of sp³-hybridized carbons (Fsp3) is 0.364. The highest BCUT2D eigenvalue weighted by atomic mass is 32.2. The molecule has 1 aromatic carbocycles. The number of hydrogen-bond donors (Lipinski definition) is 0. The van der Waals surface area contributed by atoms with Gasteiger partial charge >= 0.3 is 5.97 Å². The second-order valence-corrected chi connectivity index (χ2v) is 4.13. The SMILES string of the molecule is CCSCCC(=O)Oc1ccccc1. The van der Waals surface area contributed by atoms with Crippen LogP contribution in [0.15, 0.2) is 30.3 Å². The number of carbonyl (C=O) groups is 1. The maximum Gasteiger partial charge on any atom is 0.312 e. The average molecular weight is 210 g/mol. The first-order valence-electron chi connectivity index (χ1n) is 4.66. The molecule has 0 heterocycles. The number of para-hydroxylation sites is 1. The molecule has 0 aliphatic rings. The summed E-state index contributed by atoms with van der Waals surface area (Å²) < 4.78 is 5.11. The van der Waals surface area contributed by atoms with Crippen LogP contribution in [0.2, 0.25) is 0 Å². The van der Waals surface area contributed by atoms with Crippen LogP contribution >= 0.6 is 11.8 Å². The van der Waals surface area contributed by atoms with E-state index in [4.69, 9.17) is 4.74 Å². The Morgan fingerprint density at radius 2 is 2.07 bits per heavy atom. The largest absolute Gasteiger partial charge is 0.427 e. The number of benzene rings is 1. The van der Waals surface area contributed by atoms with Crippen LogP contribution in [0.5, 0.6) is 5.75 Å². The van der Waals surface area contributed by atoms with Gasteiger partial charge in [-0.05, 0) is 17.9 Å². The molecule has 0 fully saturated rings. The van der Waals surface area contributed by atoms with Crippen LogP contribution in [0.25, 0.3) is 0 Å². The quantitative estimate of drug-likeness (QED) is 0.424. The highest BCUT2D eigenvalue weighted by Gasteiger charge is 2.03. The van der Waals surface area contributed by atoms with Gasteiger partial charge in [-0.1, -0.05) is 25.1 Å². The van der Waals surface area contributed by atoms with Crippen LogP contribution in [0.3, 0.4) is 0 Å². The molecule has 0 aromatic heterocycles. The van der Waals surface area contributed by atoms with E-state index in [0.29, 0.717) is 12.2 Å². The molecule has 0 saturated heterocycles. The first-order chi connectivity index (χ1) is 6.83. The van der Waals surface area contributed by atoms with E-state index < -0.39 is 0 Å². The Morgan fingerprint density at radius 3 is 2.71 bits per heavy atom. The molecule has 2 nitrogen and oxygen atoms in total. The Kier molecular flexibility index (Phi) is 5.15. The lowest BCUT2D eigenvalue weighted by Crippen LogP contribution is -2.08. The molecule has 0 spiro atoms. The van der Waals surface area contributed by atoms with E-state index in [9.17, 15) is 4.79 Å². The molecule has 0 amide bonds. The minimum absolute atomic E-state index is 0.155. The zero-order valence-corrected chi connectivity index (χ0v) is 9.05. The van der Waals surface area contributed by atoms with Crippen molar-refractivity contribution in [2.75, 3.05) is 11.5 Å². The number of carbonyl (C=O) groups excluding carboxylic acids is 1. The Labute approximate surface area is 88.7 Å². The van der Waals surface area contributed by atoms with Crippen molar-refractivity contribution in [3.05, 3.63) is 30.3 Å². The van der Waals surface area contributed by atoms with Crippen LogP contribution < -0.4 is 4.74 Å². The van der Waals surface area contributed by atoms with Crippen LogP contribution in [0.1, 0.15) is 13.3 Å². The van der Waals surface area contributed by atoms with E-state index in [2.05, 4.69) is 6.92 Å². The number of hydrogen-bond acceptors (Lipinski definition) is 3. The van der Waals surface area contributed by atoms with Crippen molar-refractivity contribution in [2.45, 2.75) is 13.3 Å². The van der Waals surface area contributed by atoms with Crippen LogP contribution in [0, 0.1) is 0 Å². The molecule has 0 atom stereocenters. The van der Waals surface area contributed by atoms with Crippen molar-refractivity contribution < 1.29 is 9.53 Å². The summed E-state index contributed by atoms with van der Waals surface area (Å²) in [6.45, 7) is 2.08. The first kappa shape index (κ1) is 11.1. The third kappa shape index (κ3) is 4.33. The Morgan fingerprint density at radius 1 is 1.36 bits per heavy atom. The van der Waals surface area contributed by atoms with E-state index >= 15 is 0 Å². The van der Waals surface area contributed by atoms with Gasteiger partial charge in [0.2, 0.25) is 0 Å². The van der Waals surface area contributed by atoms with Gasteiger partial charge in [-0.3, -0.25) is 4.79 Å². The van der Waals surface area contributed by atoms with Crippen LogP contribution in [0.4, 0.5) is 0 Å². The normalized spacial score (nSPS) is 9.79. The molecule has 1 rings (SSSR count). The van der Waals surface area contributed by atoms with Gasteiger partial charge in [-0.25, -0.2) is 0 Å². The molecule has 0 unspecified atom stereocenters. The third-order valence-corrected chi connectivity index (χ3v) is 2.53. The molecule has 0 N–H and O–H groups in total. The summed E-state index contributed by atoms with van der Waals surface area (Å²) in [4.78, 5) is 11.3. The summed E-state index contributed by atoms with van der Waals surface area (Å²) >= 11 is 1.75. The molecule has 0 saturated carbocycles. The maximum atomic E-state index is 11.3. The summed E-state index contributed by atoms with van der Waals surface area (Å²) in [6.07, 6.45) is 0.480. The predicted molar refractivity (Wildman–Crippen MR) is 59.7 cm³/mol. The smallest absolute Gasteiger partial charge is 0.312 e. The highest BCUT2D eigenvalue weighted by molar-refractivity contribution is 7.99. The van der Waals surface area contributed by atoms with Crippen molar-refractivity contribution in [1.29, 1.82) is 0 Å². The molecular weight excluding hydrogens is 196 g/mol. The second kappa shape index (κ2) is 6.49.